The zero-order valence-electron chi connectivity index (χ0n) is 7.80. The van der Waals surface area contributed by atoms with Gasteiger partial charge in [-0.3, -0.25) is 4.98 Å². The van der Waals surface area contributed by atoms with Crippen molar-refractivity contribution in [2.45, 2.75) is 38.5 Å². The lowest BCUT2D eigenvalue weighted by atomic mass is 10.0. The highest BCUT2D eigenvalue weighted by Crippen LogP contribution is 2.46. The summed E-state index contributed by atoms with van der Waals surface area (Å²) in [6.07, 6.45) is 3.67. The molecule has 1 aromatic rings. The van der Waals surface area contributed by atoms with Gasteiger partial charge in [-0.05, 0) is 31.4 Å². The van der Waals surface area contributed by atoms with E-state index in [-0.39, 0.29) is 0 Å². The van der Waals surface area contributed by atoms with Crippen molar-refractivity contribution < 1.29 is 0 Å². The molecule has 0 aromatic carbocycles. The number of nitrogens with zero attached hydrogens (tertiary/aromatic N) is 1. The fraction of sp³-hybridized carbons (Fsp3) is 0.545. The Morgan fingerprint density at radius 1 is 1.42 bits per heavy atom. The lowest BCUT2D eigenvalue weighted by Gasteiger charge is -2.08. The topological polar surface area (TPSA) is 12.9 Å². The van der Waals surface area contributed by atoms with Gasteiger partial charge in [0.2, 0.25) is 0 Å². The van der Waals surface area contributed by atoms with Gasteiger partial charge in [-0.1, -0.05) is 19.9 Å². The fourth-order valence-corrected chi connectivity index (χ4v) is 1.46. The van der Waals surface area contributed by atoms with Crippen LogP contribution in [0.3, 0.4) is 0 Å². The second-order valence-corrected chi connectivity index (χ2v) is 3.93. The SMILES string of the molecule is CCc1cccc(C2(C)CC2)n1. The molecule has 1 aliphatic rings. The third-order valence-electron chi connectivity index (χ3n) is 2.79. The summed E-state index contributed by atoms with van der Waals surface area (Å²) in [5.74, 6) is 0. The second kappa shape index (κ2) is 2.58. The normalized spacial score (nSPS) is 19.2. The zero-order chi connectivity index (χ0) is 8.60. The van der Waals surface area contributed by atoms with E-state index in [1.165, 1.54) is 24.2 Å². The van der Waals surface area contributed by atoms with E-state index in [0.717, 1.165) is 6.42 Å². The first kappa shape index (κ1) is 7.78. The maximum atomic E-state index is 4.62. The van der Waals surface area contributed by atoms with Crippen molar-refractivity contribution >= 4 is 0 Å². The van der Waals surface area contributed by atoms with E-state index in [4.69, 9.17) is 0 Å². The molecule has 0 radical (unpaired) electrons. The van der Waals surface area contributed by atoms with Gasteiger partial charge in [-0.15, -0.1) is 0 Å². The molecule has 1 heterocycles. The molecule has 0 bridgehead atoms. The Balaban J connectivity index is 2.32. The minimum atomic E-state index is 0.422. The minimum Gasteiger partial charge on any atom is -0.257 e. The molecule has 0 N–H and O–H groups in total. The Hall–Kier alpha value is -0.850. The van der Waals surface area contributed by atoms with Gasteiger partial charge in [0.1, 0.15) is 0 Å². The summed E-state index contributed by atoms with van der Waals surface area (Å²) in [6.45, 7) is 4.45. The van der Waals surface area contributed by atoms with Gasteiger partial charge in [0.15, 0.2) is 0 Å². The first-order valence-electron chi connectivity index (χ1n) is 4.71. The summed E-state index contributed by atoms with van der Waals surface area (Å²) in [5.41, 5.74) is 2.94. The lowest BCUT2D eigenvalue weighted by Crippen LogP contribution is -2.04. The first-order chi connectivity index (χ1) is 5.74. The van der Waals surface area contributed by atoms with Gasteiger partial charge in [0, 0.05) is 16.8 Å². The summed E-state index contributed by atoms with van der Waals surface area (Å²) in [4.78, 5) is 4.62. The molecule has 1 heteroatoms. The largest absolute Gasteiger partial charge is 0.257 e. The molecule has 0 amide bonds. The van der Waals surface area contributed by atoms with Crippen LogP contribution in [0.1, 0.15) is 38.1 Å². The molecule has 0 atom stereocenters. The smallest absolute Gasteiger partial charge is 0.0465 e. The van der Waals surface area contributed by atoms with Crippen molar-refractivity contribution in [2.24, 2.45) is 0 Å². The van der Waals surface area contributed by atoms with E-state index in [2.05, 4.69) is 37.0 Å². The first-order valence-corrected chi connectivity index (χ1v) is 4.71. The third kappa shape index (κ3) is 1.24. The molecule has 1 aromatic heterocycles. The molecule has 1 fully saturated rings. The molecule has 1 nitrogen and oxygen atoms in total. The van der Waals surface area contributed by atoms with Crippen molar-refractivity contribution in [3.63, 3.8) is 0 Å². The molecule has 0 spiro atoms. The summed E-state index contributed by atoms with van der Waals surface area (Å²) < 4.78 is 0. The summed E-state index contributed by atoms with van der Waals surface area (Å²) in [6, 6.07) is 6.39. The number of hydrogen-bond donors (Lipinski definition) is 0. The molecular weight excluding hydrogens is 146 g/mol. The Labute approximate surface area is 73.8 Å². The van der Waals surface area contributed by atoms with Crippen LogP contribution in [0.25, 0.3) is 0 Å². The predicted molar refractivity (Wildman–Crippen MR) is 50.2 cm³/mol. The van der Waals surface area contributed by atoms with Gasteiger partial charge in [-0.25, -0.2) is 0 Å². The van der Waals surface area contributed by atoms with Crippen LogP contribution in [0, 0.1) is 0 Å². The molecule has 0 unspecified atom stereocenters. The molecule has 1 saturated carbocycles. The molecule has 0 aliphatic heterocycles. The van der Waals surface area contributed by atoms with Crippen LogP contribution in [0.2, 0.25) is 0 Å². The van der Waals surface area contributed by atoms with Crippen LogP contribution in [-0.2, 0) is 11.8 Å². The van der Waals surface area contributed by atoms with Crippen molar-refractivity contribution in [3.05, 3.63) is 29.6 Å². The van der Waals surface area contributed by atoms with E-state index in [1.54, 1.807) is 0 Å². The molecule has 1 aliphatic carbocycles. The summed E-state index contributed by atoms with van der Waals surface area (Å²) in [5, 5.41) is 0. The average molecular weight is 161 g/mol. The molecule has 2 rings (SSSR count). The van der Waals surface area contributed by atoms with Crippen molar-refractivity contribution in [1.29, 1.82) is 0 Å². The third-order valence-corrected chi connectivity index (χ3v) is 2.79. The highest BCUT2D eigenvalue weighted by Gasteiger charge is 2.40. The van der Waals surface area contributed by atoms with Gasteiger partial charge in [0.05, 0.1) is 0 Å². The molecule has 12 heavy (non-hydrogen) atoms. The van der Waals surface area contributed by atoms with Crippen LogP contribution in [0.15, 0.2) is 18.2 Å². The Morgan fingerprint density at radius 2 is 2.17 bits per heavy atom. The molecular formula is C11H15N. The van der Waals surface area contributed by atoms with Crippen LogP contribution in [0.5, 0.6) is 0 Å². The Bertz CT molecular complexity index is 287. The quantitative estimate of drug-likeness (QED) is 0.650. The predicted octanol–water partition coefficient (Wildman–Crippen LogP) is 2.70. The number of pyridine rings is 1. The van der Waals surface area contributed by atoms with E-state index in [1.807, 2.05) is 0 Å². The van der Waals surface area contributed by atoms with Crippen molar-refractivity contribution in [3.8, 4) is 0 Å². The van der Waals surface area contributed by atoms with E-state index < -0.39 is 0 Å². The van der Waals surface area contributed by atoms with Crippen LogP contribution in [0.4, 0.5) is 0 Å². The standard InChI is InChI=1S/C11H15N/c1-3-9-5-4-6-10(12-9)11(2)7-8-11/h4-6H,3,7-8H2,1-2H3. The van der Waals surface area contributed by atoms with Gasteiger partial charge < -0.3 is 0 Å². The van der Waals surface area contributed by atoms with Crippen LogP contribution < -0.4 is 0 Å². The number of rotatable bonds is 2. The Kier molecular flexibility index (Phi) is 1.67. The van der Waals surface area contributed by atoms with Gasteiger partial charge in [-0.2, -0.15) is 0 Å². The van der Waals surface area contributed by atoms with E-state index in [0.29, 0.717) is 5.41 Å². The fourth-order valence-electron chi connectivity index (χ4n) is 1.46. The van der Waals surface area contributed by atoms with E-state index >= 15 is 0 Å². The average Bonchev–Trinajstić information content (AvgIpc) is 2.85. The molecule has 0 saturated heterocycles. The van der Waals surface area contributed by atoms with Crippen LogP contribution in [-0.4, -0.2) is 4.98 Å². The maximum Gasteiger partial charge on any atom is 0.0465 e. The van der Waals surface area contributed by atoms with Crippen LogP contribution >= 0.6 is 0 Å². The lowest BCUT2D eigenvalue weighted by molar-refractivity contribution is 0.740. The highest BCUT2D eigenvalue weighted by atomic mass is 14.8. The number of hydrogen-bond acceptors (Lipinski definition) is 1. The van der Waals surface area contributed by atoms with Gasteiger partial charge >= 0.3 is 0 Å². The second-order valence-electron chi connectivity index (χ2n) is 3.93. The number of aryl methyl sites for hydroxylation is 1. The van der Waals surface area contributed by atoms with E-state index in [9.17, 15) is 0 Å². The minimum absolute atomic E-state index is 0.422. The van der Waals surface area contributed by atoms with Crippen molar-refractivity contribution in [1.82, 2.24) is 4.98 Å². The maximum absolute atomic E-state index is 4.62. The van der Waals surface area contributed by atoms with Crippen molar-refractivity contribution in [2.75, 3.05) is 0 Å². The van der Waals surface area contributed by atoms with Gasteiger partial charge in [0.25, 0.3) is 0 Å². The summed E-state index contributed by atoms with van der Waals surface area (Å²) >= 11 is 0. The monoisotopic (exact) mass is 161 g/mol. The summed E-state index contributed by atoms with van der Waals surface area (Å²) in [7, 11) is 0. The Morgan fingerprint density at radius 3 is 2.75 bits per heavy atom. The number of aromatic nitrogens is 1. The molecule has 64 valence electrons. The zero-order valence-corrected chi connectivity index (χ0v) is 7.80. The highest BCUT2D eigenvalue weighted by molar-refractivity contribution is 5.24.